The molecule has 0 aliphatic rings. The molecule has 1 aromatic rings. The first-order valence-corrected chi connectivity index (χ1v) is 4.67. The quantitative estimate of drug-likeness (QED) is 0.696. The van der Waals surface area contributed by atoms with Gasteiger partial charge in [0.25, 0.3) is 5.91 Å². The zero-order valence-electron chi connectivity index (χ0n) is 9.10. The van der Waals surface area contributed by atoms with Crippen LogP contribution in [-0.4, -0.2) is 11.4 Å². The topological polar surface area (TPSA) is 55.1 Å². The first-order valence-electron chi connectivity index (χ1n) is 4.67. The van der Waals surface area contributed by atoms with Crippen molar-refractivity contribution in [2.24, 2.45) is 0 Å². The molecule has 0 atom stereocenters. The summed E-state index contributed by atoms with van der Waals surface area (Å²) in [7, 11) is 0. The van der Waals surface area contributed by atoms with Gasteiger partial charge in [0, 0.05) is 11.1 Å². The van der Waals surface area contributed by atoms with Gasteiger partial charge in [0.2, 0.25) is 0 Å². The number of nitrogens with two attached hydrogens (primary N) is 1. The Labute approximate surface area is 88.5 Å². The fourth-order valence-corrected chi connectivity index (χ4v) is 1.08. The van der Waals surface area contributed by atoms with Crippen LogP contribution >= 0.6 is 0 Å². The van der Waals surface area contributed by atoms with Crippen molar-refractivity contribution in [1.29, 1.82) is 0 Å². The monoisotopic (exact) mass is 210 g/mol. The van der Waals surface area contributed by atoms with Gasteiger partial charge < -0.3 is 11.1 Å². The van der Waals surface area contributed by atoms with Crippen LogP contribution in [0.5, 0.6) is 0 Å². The minimum absolute atomic E-state index is 0.0438. The number of carbonyl (C=O) groups excluding carboxylic acids is 1. The average Bonchev–Trinajstić information content (AvgIpc) is 2.06. The Kier molecular flexibility index (Phi) is 2.98. The molecule has 0 heterocycles. The zero-order valence-corrected chi connectivity index (χ0v) is 9.10. The minimum atomic E-state index is -0.573. The number of amides is 1. The third-order valence-corrected chi connectivity index (χ3v) is 1.75. The Hall–Kier alpha value is -1.58. The average molecular weight is 210 g/mol. The van der Waals surface area contributed by atoms with E-state index in [2.05, 4.69) is 5.32 Å². The van der Waals surface area contributed by atoms with E-state index < -0.39 is 5.82 Å². The highest BCUT2D eigenvalue weighted by molar-refractivity contribution is 5.94. The summed E-state index contributed by atoms with van der Waals surface area (Å²) in [4.78, 5) is 11.6. The number of nitrogens with one attached hydrogen (secondary N) is 1. The molecule has 0 spiro atoms. The highest BCUT2D eigenvalue weighted by Crippen LogP contribution is 2.12. The molecule has 82 valence electrons. The zero-order chi connectivity index (χ0) is 11.6. The molecule has 0 bridgehead atoms. The maximum atomic E-state index is 13.1. The highest BCUT2D eigenvalue weighted by Gasteiger charge is 2.15. The van der Waals surface area contributed by atoms with Crippen LogP contribution in [0.15, 0.2) is 18.2 Å². The second-order valence-electron chi connectivity index (χ2n) is 4.44. The summed E-state index contributed by atoms with van der Waals surface area (Å²) in [5.41, 5.74) is 5.29. The molecule has 1 aromatic carbocycles. The number of hydrogen-bond acceptors (Lipinski definition) is 2. The maximum absolute atomic E-state index is 13.1. The molecule has 0 aliphatic carbocycles. The Morgan fingerprint density at radius 2 is 2.00 bits per heavy atom. The van der Waals surface area contributed by atoms with Crippen molar-refractivity contribution in [2.45, 2.75) is 26.3 Å². The second kappa shape index (κ2) is 3.88. The van der Waals surface area contributed by atoms with Crippen molar-refractivity contribution < 1.29 is 9.18 Å². The molecule has 0 aromatic heterocycles. The highest BCUT2D eigenvalue weighted by atomic mass is 19.1. The van der Waals surface area contributed by atoms with Gasteiger partial charge >= 0.3 is 0 Å². The number of nitrogen functional groups attached to an aromatic ring is 1. The predicted octanol–water partition coefficient (Wildman–Crippen LogP) is 1.94. The van der Waals surface area contributed by atoms with Crippen LogP contribution in [0.3, 0.4) is 0 Å². The number of anilines is 1. The number of halogens is 1. The molecule has 4 heteroatoms. The molecule has 0 unspecified atom stereocenters. The molecule has 1 rings (SSSR count). The molecule has 1 amide bonds. The largest absolute Gasteiger partial charge is 0.396 e. The van der Waals surface area contributed by atoms with E-state index in [4.69, 9.17) is 5.73 Å². The molecule has 3 nitrogen and oxygen atoms in total. The van der Waals surface area contributed by atoms with Gasteiger partial charge in [-0.3, -0.25) is 4.79 Å². The van der Waals surface area contributed by atoms with E-state index in [1.165, 1.54) is 12.1 Å². The first-order chi connectivity index (χ1) is 6.79. The summed E-state index contributed by atoms with van der Waals surface area (Å²) in [5.74, 6) is -0.877. The van der Waals surface area contributed by atoms with Crippen molar-refractivity contribution in [1.82, 2.24) is 5.32 Å². The molecular weight excluding hydrogens is 195 g/mol. The first kappa shape index (κ1) is 11.5. The van der Waals surface area contributed by atoms with Crippen molar-refractivity contribution in [3.8, 4) is 0 Å². The molecular formula is C11H15FN2O. The van der Waals surface area contributed by atoms with Crippen molar-refractivity contribution in [2.75, 3.05) is 5.73 Å². The van der Waals surface area contributed by atoms with Gasteiger partial charge in [-0.1, -0.05) is 0 Å². The summed E-state index contributed by atoms with van der Waals surface area (Å²) < 4.78 is 13.1. The molecule has 0 saturated carbocycles. The number of carbonyl (C=O) groups is 1. The van der Waals surface area contributed by atoms with E-state index in [1.807, 2.05) is 20.8 Å². The Morgan fingerprint density at radius 1 is 1.40 bits per heavy atom. The predicted molar refractivity (Wildman–Crippen MR) is 58.0 cm³/mol. The number of hydrogen-bond donors (Lipinski definition) is 2. The van der Waals surface area contributed by atoms with Gasteiger partial charge in [-0.25, -0.2) is 4.39 Å². The van der Waals surface area contributed by atoms with E-state index in [0.29, 0.717) is 0 Å². The Balaban J connectivity index is 2.88. The van der Waals surface area contributed by atoms with E-state index in [1.54, 1.807) is 0 Å². The van der Waals surface area contributed by atoms with Crippen molar-refractivity contribution >= 4 is 11.6 Å². The fraction of sp³-hybridized carbons (Fsp3) is 0.364. The van der Waals surface area contributed by atoms with Crippen LogP contribution in [0.1, 0.15) is 31.1 Å². The van der Waals surface area contributed by atoms with Crippen LogP contribution in [-0.2, 0) is 0 Å². The Bertz CT molecular complexity index is 383. The summed E-state index contributed by atoms with van der Waals surface area (Å²) in [5, 5.41) is 2.74. The van der Waals surface area contributed by atoms with Crippen molar-refractivity contribution in [3.63, 3.8) is 0 Å². The van der Waals surface area contributed by atoms with Gasteiger partial charge in [0.1, 0.15) is 5.82 Å². The van der Waals surface area contributed by atoms with E-state index in [-0.39, 0.29) is 22.7 Å². The van der Waals surface area contributed by atoms with Gasteiger partial charge in [-0.15, -0.1) is 0 Å². The van der Waals surface area contributed by atoms with E-state index in [0.717, 1.165) is 6.07 Å². The van der Waals surface area contributed by atoms with Gasteiger partial charge in [0.05, 0.1) is 5.69 Å². The van der Waals surface area contributed by atoms with Gasteiger partial charge in [-0.2, -0.15) is 0 Å². The number of rotatable bonds is 1. The normalized spacial score (nSPS) is 11.2. The third kappa shape index (κ3) is 3.23. The molecule has 15 heavy (non-hydrogen) atoms. The van der Waals surface area contributed by atoms with E-state index >= 15 is 0 Å². The summed E-state index contributed by atoms with van der Waals surface area (Å²) in [6.45, 7) is 5.58. The Morgan fingerprint density at radius 3 is 2.47 bits per heavy atom. The maximum Gasteiger partial charge on any atom is 0.251 e. The lowest BCUT2D eigenvalue weighted by Gasteiger charge is -2.20. The van der Waals surface area contributed by atoms with Crippen LogP contribution in [0, 0.1) is 5.82 Å². The van der Waals surface area contributed by atoms with Crippen LogP contribution in [0.4, 0.5) is 10.1 Å². The number of benzene rings is 1. The summed E-state index contributed by atoms with van der Waals surface area (Å²) >= 11 is 0. The lowest BCUT2D eigenvalue weighted by molar-refractivity contribution is 0.0919. The summed E-state index contributed by atoms with van der Waals surface area (Å²) in [6, 6.07) is 4.02. The molecule has 0 fully saturated rings. The molecule has 0 saturated heterocycles. The smallest absolute Gasteiger partial charge is 0.251 e. The molecule has 3 N–H and O–H groups in total. The summed E-state index contributed by atoms with van der Waals surface area (Å²) in [6.07, 6.45) is 0. The fourth-order valence-electron chi connectivity index (χ4n) is 1.08. The van der Waals surface area contributed by atoms with Crippen LogP contribution in [0.25, 0.3) is 0 Å². The molecule has 0 aliphatic heterocycles. The molecule has 0 radical (unpaired) electrons. The lowest BCUT2D eigenvalue weighted by atomic mass is 10.1. The van der Waals surface area contributed by atoms with E-state index in [9.17, 15) is 9.18 Å². The third-order valence-electron chi connectivity index (χ3n) is 1.75. The van der Waals surface area contributed by atoms with Gasteiger partial charge in [-0.05, 0) is 39.0 Å². The second-order valence-corrected chi connectivity index (χ2v) is 4.44. The standard InChI is InChI=1S/C11H15FN2O/c1-11(2,3)14-10(15)7-4-5-9(13)8(12)6-7/h4-6H,13H2,1-3H3,(H,14,15). The minimum Gasteiger partial charge on any atom is -0.396 e. The van der Waals surface area contributed by atoms with Gasteiger partial charge in [0.15, 0.2) is 0 Å². The van der Waals surface area contributed by atoms with Crippen LogP contribution < -0.4 is 11.1 Å². The SMILES string of the molecule is CC(C)(C)NC(=O)c1ccc(N)c(F)c1. The van der Waals surface area contributed by atoms with Crippen LogP contribution in [0.2, 0.25) is 0 Å². The van der Waals surface area contributed by atoms with Crippen molar-refractivity contribution in [3.05, 3.63) is 29.6 Å². The lowest BCUT2D eigenvalue weighted by Crippen LogP contribution is -2.40.